The van der Waals surface area contributed by atoms with E-state index in [0.717, 1.165) is 17.3 Å². The quantitative estimate of drug-likeness (QED) is 0.797. The first kappa shape index (κ1) is 15.7. The largest absolute Gasteiger partial charge is 0.459 e. The van der Waals surface area contributed by atoms with Gasteiger partial charge in [0.2, 0.25) is 10.0 Å². The van der Waals surface area contributed by atoms with Gasteiger partial charge in [0, 0.05) is 18.9 Å². The summed E-state index contributed by atoms with van der Waals surface area (Å²) in [6.07, 6.45) is 5.27. The third-order valence-electron chi connectivity index (χ3n) is 3.07. The molecule has 0 radical (unpaired) electrons. The van der Waals surface area contributed by atoms with Crippen LogP contribution in [-0.4, -0.2) is 47.6 Å². The molecule has 1 aliphatic heterocycles. The lowest BCUT2D eigenvalue weighted by Gasteiger charge is -2.31. The Morgan fingerprint density at radius 3 is 2.80 bits per heavy atom. The molecule has 1 aromatic heterocycles. The standard InChI is InChI=1S/C12H18BrN3O3S/c1-2-6-20(17,18)16-5-3-4-11(9-16)19-12-14-7-10(13)8-15-12/h7-8,11H,2-6,9H2,1H3. The molecule has 1 unspecified atom stereocenters. The van der Waals surface area contributed by atoms with Crippen molar-refractivity contribution in [2.24, 2.45) is 0 Å². The minimum absolute atomic E-state index is 0.184. The van der Waals surface area contributed by atoms with E-state index >= 15 is 0 Å². The second-order valence-corrected chi connectivity index (χ2v) is 7.74. The number of halogens is 1. The molecule has 1 aromatic rings. The lowest BCUT2D eigenvalue weighted by molar-refractivity contribution is 0.119. The zero-order valence-corrected chi connectivity index (χ0v) is 13.7. The molecule has 1 saturated heterocycles. The number of rotatable bonds is 5. The molecule has 2 rings (SSSR count). The van der Waals surface area contributed by atoms with Gasteiger partial charge in [-0.1, -0.05) is 6.92 Å². The van der Waals surface area contributed by atoms with Crippen molar-refractivity contribution in [2.45, 2.75) is 32.3 Å². The first-order valence-electron chi connectivity index (χ1n) is 6.63. The smallest absolute Gasteiger partial charge is 0.316 e. The second-order valence-electron chi connectivity index (χ2n) is 4.74. The Labute approximate surface area is 127 Å². The molecule has 1 fully saturated rings. The average molecular weight is 364 g/mol. The van der Waals surface area contributed by atoms with Crippen LogP contribution in [0.5, 0.6) is 6.01 Å². The van der Waals surface area contributed by atoms with Crippen molar-refractivity contribution < 1.29 is 13.2 Å². The molecule has 0 N–H and O–H groups in total. The molecule has 8 heteroatoms. The van der Waals surface area contributed by atoms with Gasteiger partial charge in [-0.25, -0.2) is 18.4 Å². The van der Waals surface area contributed by atoms with Gasteiger partial charge in [0.05, 0.1) is 16.8 Å². The molecule has 6 nitrogen and oxygen atoms in total. The van der Waals surface area contributed by atoms with Gasteiger partial charge in [0.15, 0.2) is 0 Å². The number of piperidine rings is 1. The molecule has 0 aliphatic carbocycles. The van der Waals surface area contributed by atoms with Crippen LogP contribution in [-0.2, 0) is 10.0 Å². The van der Waals surface area contributed by atoms with E-state index < -0.39 is 10.0 Å². The van der Waals surface area contributed by atoms with E-state index in [1.807, 2.05) is 6.92 Å². The molecule has 1 aliphatic rings. The van der Waals surface area contributed by atoms with Crippen LogP contribution >= 0.6 is 15.9 Å². The zero-order valence-electron chi connectivity index (χ0n) is 11.3. The molecular weight excluding hydrogens is 346 g/mol. The molecule has 0 aromatic carbocycles. The number of sulfonamides is 1. The molecule has 0 amide bonds. The Hall–Kier alpha value is -0.730. The SMILES string of the molecule is CCCS(=O)(=O)N1CCCC(Oc2ncc(Br)cn2)C1. The van der Waals surface area contributed by atoms with Crippen LogP contribution in [0.15, 0.2) is 16.9 Å². The predicted octanol–water partition coefficient (Wildman–Crippen LogP) is 1.82. The van der Waals surface area contributed by atoms with Crippen molar-refractivity contribution in [1.82, 2.24) is 14.3 Å². The average Bonchev–Trinajstić information content (AvgIpc) is 2.42. The van der Waals surface area contributed by atoms with Gasteiger partial charge in [0.25, 0.3) is 0 Å². The molecular formula is C12H18BrN3O3S. The molecule has 0 bridgehead atoms. The van der Waals surface area contributed by atoms with E-state index in [1.165, 1.54) is 4.31 Å². The van der Waals surface area contributed by atoms with Gasteiger partial charge >= 0.3 is 6.01 Å². The Balaban J connectivity index is 1.98. The van der Waals surface area contributed by atoms with Crippen LogP contribution in [0.25, 0.3) is 0 Å². The highest BCUT2D eigenvalue weighted by Crippen LogP contribution is 2.19. The third kappa shape index (κ3) is 4.13. The molecule has 1 atom stereocenters. The maximum atomic E-state index is 12.1. The topological polar surface area (TPSA) is 72.4 Å². The second kappa shape index (κ2) is 6.82. The van der Waals surface area contributed by atoms with Crippen molar-refractivity contribution in [3.8, 4) is 6.01 Å². The minimum atomic E-state index is -3.16. The van der Waals surface area contributed by atoms with E-state index in [0.29, 0.717) is 19.5 Å². The summed E-state index contributed by atoms with van der Waals surface area (Å²) in [6.45, 7) is 2.82. The number of ether oxygens (including phenoxy) is 1. The van der Waals surface area contributed by atoms with Crippen molar-refractivity contribution >= 4 is 26.0 Å². The highest BCUT2D eigenvalue weighted by molar-refractivity contribution is 9.10. The third-order valence-corrected chi connectivity index (χ3v) is 5.52. The van der Waals surface area contributed by atoms with E-state index in [-0.39, 0.29) is 17.9 Å². The van der Waals surface area contributed by atoms with Crippen molar-refractivity contribution in [3.63, 3.8) is 0 Å². The maximum Gasteiger partial charge on any atom is 0.316 e. The molecule has 20 heavy (non-hydrogen) atoms. The Bertz CT molecular complexity index is 535. The highest BCUT2D eigenvalue weighted by atomic mass is 79.9. The summed E-state index contributed by atoms with van der Waals surface area (Å²) in [5, 5.41) is 0. The lowest BCUT2D eigenvalue weighted by atomic mass is 10.1. The van der Waals surface area contributed by atoms with Crippen molar-refractivity contribution in [2.75, 3.05) is 18.8 Å². The van der Waals surface area contributed by atoms with E-state index in [1.54, 1.807) is 12.4 Å². The Morgan fingerprint density at radius 1 is 1.45 bits per heavy atom. The Kier molecular flexibility index (Phi) is 5.34. The normalized spacial score (nSPS) is 20.8. The molecule has 2 heterocycles. The van der Waals surface area contributed by atoms with Gasteiger partial charge in [-0.2, -0.15) is 4.31 Å². The van der Waals surface area contributed by atoms with Crippen LogP contribution in [0.4, 0.5) is 0 Å². The Morgan fingerprint density at radius 2 is 2.15 bits per heavy atom. The fourth-order valence-corrected chi connectivity index (χ4v) is 3.93. The summed E-state index contributed by atoms with van der Waals surface area (Å²) in [4.78, 5) is 8.10. The van der Waals surface area contributed by atoms with Crippen LogP contribution in [0.2, 0.25) is 0 Å². The van der Waals surface area contributed by atoms with Gasteiger partial charge < -0.3 is 4.74 Å². The summed E-state index contributed by atoms with van der Waals surface area (Å²) < 4.78 is 32.1. The summed E-state index contributed by atoms with van der Waals surface area (Å²) >= 11 is 3.26. The van der Waals surface area contributed by atoms with Crippen LogP contribution in [0.3, 0.4) is 0 Å². The van der Waals surface area contributed by atoms with Gasteiger partial charge in [0.1, 0.15) is 6.10 Å². The van der Waals surface area contributed by atoms with Crippen molar-refractivity contribution in [3.05, 3.63) is 16.9 Å². The summed E-state index contributed by atoms with van der Waals surface area (Å²) in [6, 6.07) is 0.285. The summed E-state index contributed by atoms with van der Waals surface area (Å²) in [5.41, 5.74) is 0. The number of aromatic nitrogens is 2. The van der Waals surface area contributed by atoms with Gasteiger partial charge in [-0.05, 0) is 35.2 Å². The van der Waals surface area contributed by atoms with Crippen LogP contribution in [0.1, 0.15) is 26.2 Å². The number of hydrogen-bond acceptors (Lipinski definition) is 5. The number of hydrogen-bond donors (Lipinski definition) is 0. The molecule has 112 valence electrons. The summed E-state index contributed by atoms with van der Waals surface area (Å²) in [7, 11) is -3.16. The monoisotopic (exact) mass is 363 g/mol. The van der Waals surface area contributed by atoms with Gasteiger partial charge in [-0.15, -0.1) is 0 Å². The summed E-state index contributed by atoms with van der Waals surface area (Å²) in [5.74, 6) is 0.189. The van der Waals surface area contributed by atoms with E-state index in [4.69, 9.17) is 4.74 Å². The highest BCUT2D eigenvalue weighted by Gasteiger charge is 2.29. The van der Waals surface area contributed by atoms with Crippen molar-refractivity contribution in [1.29, 1.82) is 0 Å². The number of nitrogens with zero attached hydrogens (tertiary/aromatic N) is 3. The first-order valence-corrected chi connectivity index (χ1v) is 9.03. The zero-order chi connectivity index (χ0) is 14.6. The van der Waals surface area contributed by atoms with E-state index in [2.05, 4.69) is 25.9 Å². The molecule has 0 saturated carbocycles. The maximum absolute atomic E-state index is 12.1. The lowest BCUT2D eigenvalue weighted by Crippen LogP contribution is -2.45. The van der Waals surface area contributed by atoms with E-state index in [9.17, 15) is 8.42 Å². The van der Waals surface area contributed by atoms with Gasteiger partial charge in [-0.3, -0.25) is 0 Å². The fraction of sp³-hybridized carbons (Fsp3) is 0.667. The predicted molar refractivity (Wildman–Crippen MR) is 79.0 cm³/mol. The molecule has 0 spiro atoms. The first-order chi connectivity index (χ1) is 9.51. The van der Waals surface area contributed by atoms with Crippen LogP contribution < -0.4 is 4.74 Å². The fourth-order valence-electron chi connectivity index (χ4n) is 2.15. The van der Waals surface area contributed by atoms with Crippen LogP contribution in [0, 0.1) is 0 Å². The minimum Gasteiger partial charge on any atom is -0.459 e.